The van der Waals surface area contributed by atoms with Crippen LogP contribution in [0.4, 0.5) is 5.82 Å². The Kier molecular flexibility index (Phi) is 4.02. The quantitative estimate of drug-likeness (QED) is 0.562. The van der Waals surface area contributed by atoms with Crippen LogP contribution in [0.5, 0.6) is 11.5 Å². The minimum absolute atomic E-state index is 0.434. The highest BCUT2D eigenvalue weighted by atomic mass is 35.5. The van der Waals surface area contributed by atoms with Gasteiger partial charge in [0, 0.05) is 6.54 Å². The molecule has 1 aromatic carbocycles. The molecule has 0 spiro atoms. The molecule has 27 heavy (non-hydrogen) atoms. The molecular weight excluding hydrogens is 388 g/mol. The van der Waals surface area contributed by atoms with Gasteiger partial charge < -0.3 is 14.8 Å². The summed E-state index contributed by atoms with van der Waals surface area (Å²) in [4.78, 5) is 13.8. The summed E-state index contributed by atoms with van der Waals surface area (Å²) in [6, 6.07) is 7.75. The number of nitrogens with zero attached hydrogens (tertiary/aromatic N) is 5. The Balaban J connectivity index is 1.47. The first-order valence-electron chi connectivity index (χ1n) is 8.21. The lowest BCUT2D eigenvalue weighted by Crippen LogP contribution is -2.15. The SMILES string of the molecule is Clc1cc2c(NCc3ccc4c(c3)OCCO4)nc(-n3cncn3)nc2s1. The fourth-order valence-corrected chi connectivity index (χ4v) is 3.90. The van der Waals surface area contributed by atoms with Crippen LogP contribution in [-0.2, 0) is 6.54 Å². The number of thiophene rings is 1. The topological polar surface area (TPSA) is 87.0 Å². The van der Waals surface area contributed by atoms with Crippen LogP contribution in [0.2, 0.25) is 4.34 Å². The summed E-state index contributed by atoms with van der Waals surface area (Å²) >= 11 is 7.58. The Bertz CT molecular complexity index is 1110. The van der Waals surface area contributed by atoms with Crippen LogP contribution in [0.15, 0.2) is 36.9 Å². The number of fused-ring (bicyclic) bond motifs is 2. The van der Waals surface area contributed by atoms with Crippen molar-refractivity contribution in [2.24, 2.45) is 0 Å². The second-order valence-corrected chi connectivity index (χ2v) is 7.48. The van der Waals surface area contributed by atoms with Gasteiger partial charge in [0.15, 0.2) is 11.5 Å². The van der Waals surface area contributed by atoms with E-state index in [2.05, 4.69) is 25.4 Å². The van der Waals surface area contributed by atoms with Crippen molar-refractivity contribution in [3.63, 3.8) is 0 Å². The zero-order valence-corrected chi connectivity index (χ0v) is 15.5. The zero-order valence-electron chi connectivity index (χ0n) is 13.9. The van der Waals surface area contributed by atoms with E-state index in [-0.39, 0.29) is 0 Å². The molecule has 0 aliphatic carbocycles. The van der Waals surface area contributed by atoms with Crippen molar-refractivity contribution in [2.75, 3.05) is 18.5 Å². The lowest BCUT2D eigenvalue weighted by molar-refractivity contribution is 0.171. The molecule has 3 aromatic heterocycles. The summed E-state index contributed by atoms with van der Waals surface area (Å²) in [5.41, 5.74) is 1.05. The number of benzene rings is 1. The molecule has 1 aliphatic heterocycles. The van der Waals surface area contributed by atoms with E-state index < -0.39 is 0 Å². The van der Waals surface area contributed by atoms with Crippen LogP contribution in [0, 0.1) is 0 Å². The van der Waals surface area contributed by atoms with Crippen LogP contribution >= 0.6 is 22.9 Å². The Hall–Kier alpha value is -2.91. The molecule has 1 aliphatic rings. The van der Waals surface area contributed by atoms with Gasteiger partial charge in [0.2, 0.25) is 0 Å². The van der Waals surface area contributed by atoms with Gasteiger partial charge in [-0.1, -0.05) is 17.7 Å². The van der Waals surface area contributed by atoms with Crippen molar-refractivity contribution in [1.82, 2.24) is 24.7 Å². The molecule has 136 valence electrons. The number of hydrogen-bond donors (Lipinski definition) is 1. The summed E-state index contributed by atoms with van der Waals surface area (Å²) in [6.45, 7) is 1.70. The van der Waals surface area contributed by atoms with E-state index in [1.165, 1.54) is 22.3 Å². The van der Waals surface area contributed by atoms with Crippen LogP contribution in [0.1, 0.15) is 5.56 Å². The molecule has 4 heterocycles. The van der Waals surface area contributed by atoms with Gasteiger partial charge in [-0.3, -0.25) is 0 Å². The van der Waals surface area contributed by atoms with E-state index in [9.17, 15) is 0 Å². The minimum atomic E-state index is 0.434. The molecule has 0 bridgehead atoms. The van der Waals surface area contributed by atoms with Crippen molar-refractivity contribution in [3.05, 3.63) is 46.8 Å². The Morgan fingerprint density at radius 2 is 2.04 bits per heavy atom. The van der Waals surface area contributed by atoms with Gasteiger partial charge in [-0.05, 0) is 23.8 Å². The molecule has 0 atom stereocenters. The maximum atomic E-state index is 6.19. The number of rotatable bonds is 4. The first kappa shape index (κ1) is 16.3. The van der Waals surface area contributed by atoms with Crippen molar-refractivity contribution >= 4 is 39.0 Å². The highest BCUT2D eigenvalue weighted by Crippen LogP contribution is 2.34. The second-order valence-electron chi connectivity index (χ2n) is 5.81. The van der Waals surface area contributed by atoms with Gasteiger partial charge in [0.1, 0.15) is 36.5 Å². The van der Waals surface area contributed by atoms with Gasteiger partial charge in [0.25, 0.3) is 5.95 Å². The van der Waals surface area contributed by atoms with Gasteiger partial charge in [-0.15, -0.1) is 11.3 Å². The molecule has 5 rings (SSSR count). The van der Waals surface area contributed by atoms with E-state index in [1.54, 1.807) is 6.33 Å². The highest BCUT2D eigenvalue weighted by molar-refractivity contribution is 7.22. The van der Waals surface area contributed by atoms with Crippen LogP contribution in [-0.4, -0.2) is 37.9 Å². The van der Waals surface area contributed by atoms with Crippen molar-refractivity contribution < 1.29 is 9.47 Å². The third-order valence-corrected chi connectivity index (χ3v) is 5.20. The summed E-state index contributed by atoms with van der Waals surface area (Å²) in [7, 11) is 0. The van der Waals surface area contributed by atoms with Gasteiger partial charge in [0.05, 0.1) is 9.72 Å². The van der Waals surface area contributed by atoms with Crippen molar-refractivity contribution in [3.8, 4) is 17.4 Å². The van der Waals surface area contributed by atoms with E-state index in [0.29, 0.717) is 35.9 Å². The number of ether oxygens (including phenoxy) is 2. The van der Waals surface area contributed by atoms with Gasteiger partial charge in [-0.25, -0.2) is 4.98 Å². The normalized spacial score (nSPS) is 13.1. The number of anilines is 1. The molecule has 4 aromatic rings. The standard InChI is InChI=1S/C17H13ClN6O2S/c18-14-6-11-15(22-17(23-16(11)27-14)24-9-19-8-21-24)20-7-10-1-2-12-13(5-10)26-4-3-25-12/h1-2,5-6,8-9H,3-4,7H2,(H,20,22,23). The summed E-state index contributed by atoms with van der Waals surface area (Å²) in [5, 5.41) is 8.33. The van der Waals surface area contributed by atoms with Crippen LogP contribution in [0.3, 0.4) is 0 Å². The van der Waals surface area contributed by atoms with E-state index in [0.717, 1.165) is 27.3 Å². The lowest BCUT2D eigenvalue weighted by atomic mass is 10.2. The molecule has 0 unspecified atom stereocenters. The van der Waals surface area contributed by atoms with Crippen molar-refractivity contribution in [2.45, 2.75) is 6.54 Å². The smallest absolute Gasteiger partial charge is 0.255 e. The largest absolute Gasteiger partial charge is 0.486 e. The average Bonchev–Trinajstić information content (AvgIpc) is 3.34. The third-order valence-electron chi connectivity index (χ3n) is 4.04. The summed E-state index contributed by atoms with van der Waals surface area (Å²) in [6.07, 6.45) is 3.00. The number of hydrogen-bond acceptors (Lipinski definition) is 8. The minimum Gasteiger partial charge on any atom is -0.486 e. The second kappa shape index (κ2) is 6.67. The summed E-state index contributed by atoms with van der Waals surface area (Å²) < 4.78 is 13.4. The number of nitrogens with one attached hydrogen (secondary N) is 1. The molecule has 8 nitrogen and oxygen atoms in total. The van der Waals surface area contributed by atoms with Gasteiger partial charge in [-0.2, -0.15) is 19.7 Å². The maximum absolute atomic E-state index is 6.19. The Morgan fingerprint density at radius 1 is 1.15 bits per heavy atom. The summed E-state index contributed by atoms with van der Waals surface area (Å²) in [5.74, 6) is 2.65. The molecule has 10 heteroatoms. The fourth-order valence-electron chi connectivity index (χ4n) is 2.81. The highest BCUT2D eigenvalue weighted by Gasteiger charge is 2.14. The average molecular weight is 401 g/mol. The monoisotopic (exact) mass is 400 g/mol. The first-order chi connectivity index (χ1) is 13.3. The molecule has 0 saturated carbocycles. The first-order valence-corrected chi connectivity index (χ1v) is 9.40. The van der Waals surface area contributed by atoms with E-state index >= 15 is 0 Å². The zero-order chi connectivity index (χ0) is 18.2. The van der Waals surface area contributed by atoms with Crippen LogP contribution < -0.4 is 14.8 Å². The van der Waals surface area contributed by atoms with Crippen molar-refractivity contribution in [1.29, 1.82) is 0 Å². The molecular formula is C17H13ClN6O2S. The number of halogens is 1. The third kappa shape index (κ3) is 3.15. The Labute approximate surface area is 162 Å². The van der Waals surface area contributed by atoms with E-state index in [4.69, 9.17) is 21.1 Å². The fraction of sp³-hybridized carbons (Fsp3) is 0.176. The molecule has 0 saturated heterocycles. The van der Waals surface area contributed by atoms with E-state index in [1.807, 2.05) is 24.3 Å². The van der Waals surface area contributed by atoms with Gasteiger partial charge >= 0.3 is 0 Å². The number of aromatic nitrogens is 5. The predicted octanol–water partition coefficient (Wildman–Crippen LogP) is 3.31. The molecule has 0 amide bonds. The molecule has 0 radical (unpaired) electrons. The maximum Gasteiger partial charge on any atom is 0.255 e. The molecule has 0 fully saturated rings. The Morgan fingerprint density at radius 3 is 2.89 bits per heavy atom. The lowest BCUT2D eigenvalue weighted by Gasteiger charge is -2.19. The molecule has 1 N–H and O–H groups in total. The predicted molar refractivity (Wildman–Crippen MR) is 102 cm³/mol. The van der Waals surface area contributed by atoms with Crippen LogP contribution in [0.25, 0.3) is 16.2 Å².